The molecule has 0 spiro atoms. The Morgan fingerprint density at radius 2 is 1.69 bits per heavy atom. The van der Waals surface area contributed by atoms with E-state index in [0.717, 1.165) is 15.6 Å². The molecular weight excluding hydrogens is 474 g/mol. The Hall–Kier alpha value is -3.58. The first-order chi connectivity index (χ1) is 15.6. The highest BCUT2D eigenvalue weighted by atomic mass is 79.9. The largest absolute Gasteiger partial charge is 0.493 e. The molecule has 0 amide bonds. The Balaban J connectivity index is 1.58. The maximum absolute atomic E-state index is 12.0. The van der Waals surface area contributed by atoms with Crippen LogP contribution >= 0.6 is 15.9 Å². The van der Waals surface area contributed by atoms with Crippen molar-refractivity contribution in [2.75, 3.05) is 14.2 Å². The van der Waals surface area contributed by atoms with Gasteiger partial charge in [-0.15, -0.1) is 0 Å². The lowest BCUT2D eigenvalue weighted by molar-refractivity contribution is -0.137. The Labute approximate surface area is 195 Å². The van der Waals surface area contributed by atoms with Gasteiger partial charge in [0.25, 0.3) is 0 Å². The van der Waals surface area contributed by atoms with Crippen molar-refractivity contribution in [3.63, 3.8) is 0 Å². The first-order valence-electron chi connectivity index (χ1n) is 9.70. The zero-order valence-electron chi connectivity index (χ0n) is 17.7. The quantitative estimate of drug-likeness (QED) is 0.166. The van der Waals surface area contributed by atoms with Crippen LogP contribution in [0.5, 0.6) is 17.2 Å². The lowest BCUT2D eigenvalue weighted by atomic mass is 10.2. The third-order valence-electron chi connectivity index (χ3n) is 4.38. The van der Waals surface area contributed by atoms with E-state index in [-0.39, 0.29) is 0 Å². The molecule has 0 N–H and O–H groups in total. The molecule has 0 aromatic heterocycles. The molecule has 0 atom stereocenters. The number of oxime groups is 1. The monoisotopic (exact) mass is 495 g/mol. The van der Waals surface area contributed by atoms with Crippen molar-refractivity contribution in [2.45, 2.75) is 6.61 Å². The topological polar surface area (TPSA) is 66.4 Å². The lowest BCUT2D eigenvalue weighted by Gasteiger charge is -2.09. The van der Waals surface area contributed by atoms with Crippen LogP contribution < -0.4 is 14.2 Å². The average molecular weight is 496 g/mol. The maximum atomic E-state index is 12.0. The number of ether oxygens (including phenoxy) is 3. The van der Waals surface area contributed by atoms with Crippen LogP contribution in [0.3, 0.4) is 0 Å². The van der Waals surface area contributed by atoms with Crippen molar-refractivity contribution in [3.8, 4) is 17.2 Å². The fraction of sp³-hybridized carbons (Fsp3) is 0.120. The number of nitrogens with zero attached hydrogens (tertiary/aromatic N) is 1. The van der Waals surface area contributed by atoms with E-state index in [0.29, 0.717) is 29.4 Å². The predicted molar refractivity (Wildman–Crippen MR) is 127 cm³/mol. The van der Waals surface area contributed by atoms with Gasteiger partial charge in [0.15, 0.2) is 11.5 Å². The minimum Gasteiger partial charge on any atom is -0.493 e. The van der Waals surface area contributed by atoms with E-state index in [4.69, 9.17) is 19.0 Å². The van der Waals surface area contributed by atoms with Crippen molar-refractivity contribution in [1.82, 2.24) is 0 Å². The van der Waals surface area contributed by atoms with Gasteiger partial charge in [-0.05, 0) is 53.6 Å². The number of halogens is 1. The molecule has 0 saturated heterocycles. The Morgan fingerprint density at radius 3 is 2.44 bits per heavy atom. The highest BCUT2D eigenvalue weighted by Gasteiger charge is 2.05. The summed E-state index contributed by atoms with van der Waals surface area (Å²) in [6.45, 7) is 0.409. The van der Waals surface area contributed by atoms with Crippen LogP contribution in [-0.4, -0.2) is 26.4 Å². The number of carbonyl (C=O) groups excluding carboxylic acids is 1. The van der Waals surface area contributed by atoms with Crippen LogP contribution in [0.2, 0.25) is 0 Å². The van der Waals surface area contributed by atoms with Crippen molar-refractivity contribution >= 4 is 34.2 Å². The second kappa shape index (κ2) is 11.7. The van der Waals surface area contributed by atoms with Crippen molar-refractivity contribution in [1.29, 1.82) is 0 Å². The van der Waals surface area contributed by atoms with Gasteiger partial charge in [0, 0.05) is 16.1 Å². The summed E-state index contributed by atoms with van der Waals surface area (Å²) in [7, 11) is 3.11. The molecule has 6 nitrogen and oxygen atoms in total. The SMILES string of the molecule is COc1ccc(/C=C\C(=O)O/N=C\c2ccccc2OCc2ccc(Br)cc2)cc1OC. The van der Waals surface area contributed by atoms with E-state index in [1.54, 1.807) is 38.5 Å². The number of carbonyl (C=O) groups is 1. The van der Waals surface area contributed by atoms with Crippen molar-refractivity contribution < 1.29 is 23.8 Å². The first kappa shape index (κ1) is 23.1. The summed E-state index contributed by atoms with van der Waals surface area (Å²) in [6.07, 6.45) is 4.34. The molecule has 0 aliphatic heterocycles. The van der Waals surface area contributed by atoms with E-state index < -0.39 is 5.97 Å². The van der Waals surface area contributed by atoms with Crippen LogP contribution in [-0.2, 0) is 16.2 Å². The molecule has 0 radical (unpaired) electrons. The Morgan fingerprint density at radius 1 is 0.938 bits per heavy atom. The molecule has 0 unspecified atom stereocenters. The molecule has 3 aromatic carbocycles. The minimum atomic E-state index is -0.607. The summed E-state index contributed by atoms with van der Waals surface area (Å²) in [6, 6.07) is 20.6. The fourth-order valence-electron chi connectivity index (χ4n) is 2.75. The van der Waals surface area contributed by atoms with E-state index in [1.807, 2.05) is 48.5 Å². The maximum Gasteiger partial charge on any atom is 0.358 e. The second-order valence-electron chi connectivity index (χ2n) is 6.55. The van der Waals surface area contributed by atoms with Crippen LogP contribution in [0.4, 0.5) is 0 Å². The summed E-state index contributed by atoms with van der Waals surface area (Å²) in [5, 5.41) is 3.79. The predicted octanol–water partition coefficient (Wildman–Crippen LogP) is 5.64. The van der Waals surface area contributed by atoms with Gasteiger partial charge in [0.1, 0.15) is 12.4 Å². The highest BCUT2D eigenvalue weighted by Crippen LogP contribution is 2.28. The summed E-state index contributed by atoms with van der Waals surface area (Å²) in [4.78, 5) is 16.9. The third-order valence-corrected chi connectivity index (χ3v) is 4.91. The van der Waals surface area contributed by atoms with Crippen molar-refractivity contribution in [2.24, 2.45) is 5.16 Å². The molecule has 0 bridgehead atoms. The molecule has 3 rings (SSSR count). The summed E-state index contributed by atoms with van der Waals surface area (Å²) >= 11 is 3.41. The van der Waals surface area contributed by atoms with Gasteiger partial charge in [-0.25, -0.2) is 4.79 Å². The molecule has 32 heavy (non-hydrogen) atoms. The number of methoxy groups -OCH3 is 2. The average Bonchev–Trinajstić information content (AvgIpc) is 2.83. The van der Waals surface area contributed by atoms with Crippen molar-refractivity contribution in [3.05, 3.63) is 94.0 Å². The minimum absolute atomic E-state index is 0.409. The van der Waals surface area contributed by atoms with Gasteiger partial charge in [0.05, 0.1) is 20.4 Å². The number of hydrogen-bond donors (Lipinski definition) is 0. The molecule has 0 heterocycles. The lowest BCUT2D eigenvalue weighted by Crippen LogP contribution is -1.99. The molecule has 0 fully saturated rings. The summed E-state index contributed by atoms with van der Waals surface area (Å²) in [5.74, 6) is 1.21. The Kier molecular flexibility index (Phi) is 8.45. The van der Waals surface area contributed by atoms with Gasteiger partial charge < -0.3 is 19.0 Å². The number of para-hydroxylation sites is 1. The van der Waals surface area contributed by atoms with Crippen LogP contribution in [0.15, 0.2) is 82.4 Å². The standard InChI is InChI=1S/C25H22BrNO5/c1-29-23-13-9-18(15-24(23)30-2)10-14-25(28)32-27-16-20-5-3-4-6-22(20)31-17-19-7-11-21(26)12-8-19/h3-16H,17H2,1-2H3/b14-10-,27-16-. The van der Waals surface area contributed by atoms with Gasteiger partial charge in [0.2, 0.25) is 0 Å². The number of rotatable bonds is 9. The van der Waals surface area contributed by atoms with E-state index in [9.17, 15) is 4.79 Å². The van der Waals surface area contributed by atoms with Gasteiger partial charge in [-0.3, -0.25) is 0 Å². The van der Waals surface area contributed by atoms with Gasteiger partial charge >= 0.3 is 5.97 Å². The normalized spacial score (nSPS) is 11.0. The molecule has 0 aliphatic carbocycles. The molecule has 0 aliphatic rings. The summed E-state index contributed by atoms with van der Waals surface area (Å²) < 4.78 is 17.3. The molecule has 3 aromatic rings. The zero-order valence-corrected chi connectivity index (χ0v) is 19.2. The van der Waals surface area contributed by atoms with E-state index >= 15 is 0 Å². The van der Waals surface area contributed by atoms with E-state index in [1.165, 1.54) is 12.3 Å². The molecule has 164 valence electrons. The first-order valence-corrected chi connectivity index (χ1v) is 10.5. The van der Waals surface area contributed by atoms with Gasteiger partial charge in [-0.1, -0.05) is 51.4 Å². The summed E-state index contributed by atoms with van der Waals surface area (Å²) in [5.41, 5.74) is 2.49. The smallest absolute Gasteiger partial charge is 0.358 e. The van der Waals surface area contributed by atoms with Crippen LogP contribution in [0.1, 0.15) is 16.7 Å². The van der Waals surface area contributed by atoms with Gasteiger partial charge in [-0.2, -0.15) is 0 Å². The number of benzene rings is 3. The molecular formula is C25H22BrNO5. The number of hydrogen-bond acceptors (Lipinski definition) is 6. The third kappa shape index (κ3) is 6.72. The molecule has 0 saturated carbocycles. The fourth-order valence-corrected chi connectivity index (χ4v) is 3.01. The Bertz CT molecular complexity index is 1110. The molecule has 7 heteroatoms. The second-order valence-corrected chi connectivity index (χ2v) is 7.46. The van der Waals surface area contributed by atoms with Crippen LogP contribution in [0, 0.1) is 0 Å². The highest BCUT2D eigenvalue weighted by molar-refractivity contribution is 9.10. The van der Waals surface area contributed by atoms with E-state index in [2.05, 4.69) is 21.1 Å². The zero-order chi connectivity index (χ0) is 22.8. The van der Waals surface area contributed by atoms with Crippen LogP contribution in [0.25, 0.3) is 6.08 Å².